The number of nitrogens with zero attached hydrogens (tertiary/aromatic N) is 1. The normalized spacial score (nSPS) is 15.3. The van der Waals surface area contributed by atoms with E-state index in [0.717, 1.165) is 0 Å². The summed E-state index contributed by atoms with van der Waals surface area (Å²) in [5.41, 5.74) is 0. The topological polar surface area (TPSA) is 49.4 Å². The third kappa shape index (κ3) is 4.09. The highest BCUT2D eigenvalue weighted by Gasteiger charge is 2.25. The van der Waals surface area contributed by atoms with E-state index in [9.17, 15) is 8.42 Å². The van der Waals surface area contributed by atoms with E-state index in [1.807, 2.05) is 7.05 Å². The van der Waals surface area contributed by atoms with Gasteiger partial charge in [-0.3, -0.25) is 0 Å². The van der Waals surface area contributed by atoms with E-state index >= 15 is 0 Å². The first kappa shape index (κ1) is 14.9. The summed E-state index contributed by atoms with van der Waals surface area (Å²) in [4.78, 5) is 0. The maximum Gasteiger partial charge on any atom is 0.216 e. The quantitative estimate of drug-likeness (QED) is 0.745. The van der Waals surface area contributed by atoms with Gasteiger partial charge >= 0.3 is 0 Å². The summed E-state index contributed by atoms with van der Waals surface area (Å²) in [7, 11) is 0.380. The molecule has 0 radical (unpaired) electrons. The minimum absolute atomic E-state index is 0.198. The molecular formula is C10H24N2O2S. The Kier molecular flexibility index (Phi) is 5.77. The van der Waals surface area contributed by atoms with Crippen molar-refractivity contribution in [3.63, 3.8) is 0 Å². The van der Waals surface area contributed by atoms with Gasteiger partial charge in [0, 0.05) is 19.6 Å². The van der Waals surface area contributed by atoms with Crippen LogP contribution >= 0.6 is 0 Å². The van der Waals surface area contributed by atoms with Crippen LogP contribution in [-0.2, 0) is 10.0 Å². The Morgan fingerprint density at radius 1 is 1.20 bits per heavy atom. The lowest BCUT2D eigenvalue weighted by molar-refractivity contribution is 0.343. The molecule has 0 aliphatic carbocycles. The van der Waals surface area contributed by atoms with Crippen LogP contribution in [-0.4, -0.2) is 44.7 Å². The maximum absolute atomic E-state index is 11.8. The largest absolute Gasteiger partial charge is 0.315 e. The summed E-state index contributed by atoms with van der Waals surface area (Å²) in [6, 6.07) is 0.198. The lowest BCUT2D eigenvalue weighted by Gasteiger charge is -2.27. The Morgan fingerprint density at radius 3 is 1.93 bits per heavy atom. The van der Waals surface area contributed by atoms with E-state index in [-0.39, 0.29) is 11.3 Å². The Balaban J connectivity index is 4.55. The lowest BCUT2D eigenvalue weighted by atomic mass is 10.1. The van der Waals surface area contributed by atoms with Gasteiger partial charge in [0.2, 0.25) is 10.0 Å². The summed E-state index contributed by atoms with van der Waals surface area (Å²) in [5.74, 6) is 0.416. The molecule has 5 heteroatoms. The second-order valence-electron chi connectivity index (χ2n) is 4.51. The Morgan fingerprint density at radius 2 is 1.67 bits per heavy atom. The van der Waals surface area contributed by atoms with Gasteiger partial charge in [0.25, 0.3) is 0 Å². The monoisotopic (exact) mass is 236 g/mol. The van der Waals surface area contributed by atoms with Crippen LogP contribution in [0, 0.1) is 5.92 Å². The van der Waals surface area contributed by atoms with Crippen LogP contribution < -0.4 is 5.32 Å². The summed E-state index contributed by atoms with van der Waals surface area (Å²) in [6.07, 6.45) is 0. The third-order valence-electron chi connectivity index (χ3n) is 2.66. The average Bonchev–Trinajstić information content (AvgIpc) is 2.12. The first-order chi connectivity index (χ1) is 6.73. The van der Waals surface area contributed by atoms with E-state index in [4.69, 9.17) is 0 Å². The van der Waals surface area contributed by atoms with Crippen molar-refractivity contribution in [2.75, 3.05) is 20.6 Å². The SMILES string of the molecule is CN[C@H](CN(C)S(=O)(=O)C(C)C)C(C)C. The molecule has 0 amide bonds. The van der Waals surface area contributed by atoms with Gasteiger partial charge in [-0.2, -0.15) is 0 Å². The molecule has 15 heavy (non-hydrogen) atoms. The van der Waals surface area contributed by atoms with Crippen LogP contribution in [0.4, 0.5) is 0 Å². The van der Waals surface area contributed by atoms with Crippen molar-refractivity contribution in [1.82, 2.24) is 9.62 Å². The van der Waals surface area contributed by atoms with Gasteiger partial charge in [0.15, 0.2) is 0 Å². The number of hydrogen-bond donors (Lipinski definition) is 1. The molecule has 0 saturated carbocycles. The molecule has 1 atom stereocenters. The molecule has 4 nitrogen and oxygen atoms in total. The fourth-order valence-electron chi connectivity index (χ4n) is 1.38. The second kappa shape index (κ2) is 5.82. The molecule has 92 valence electrons. The predicted octanol–water partition coefficient (Wildman–Crippen LogP) is 0.900. The molecule has 0 heterocycles. The molecule has 0 fully saturated rings. The first-order valence-electron chi connectivity index (χ1n) is 5.35. The molecule has 0 aliphatic heterocycles. The summed E-state index contributed by atoms with van der Waals surface area (Å²) < 4.78 is 25.0. The Bertz CT molecular complexity index is 273. The molecule has 1 N–H and O–H groups in total. The predicted molar refractivity (Wildman–Crippen MR) is 64.4 cm³/mol. The van der Waals surface area contributed by atoms with Crippen LogP contribution in [0.1, 0.15) is 27.7 Å². The number of nitrogens with one attached hydrogen (secondary N) is 1. The third-order valence-corrected chi connectivity index (χ3v) is 4.87. The van der Waals surface area contributed by atoms with Gasteiger partial charge in [-0.1, -0.05) is 13.8 Å². The van der Waals surface area contributed by atoms with Crippen molar-refractivity contribution < 1.29 is 8.42 Å². The van der Waals surface area contributed by atoms with Crippen molar-refractivity contribution in [2.45, 2.75) is 39.0 Å². The molecule has 0 spiro atoms. The zero-order chi connectivity index (χ0) is 12.2. The molecule has 0 rings (SSSR count). The number of likely N-dealkylation sites (N-methyl/N-ethyl adjacent to an activating group) is 2. The fraction of sp³-hybridized carbons (Fsp3) is 1.00. The Hall–Kier alpha value is -0.130. The van der Waals surface area contributed by atoms with E-state index < -0.39 is 10.0 Å². The minimum Gasteiger partial charge on any atom is -0.315 e. The second-order valence-corrected chi connectivity index (χ2v) is 7.11. The maximum atomic E-state index is 11.8. The highest BCUT2D eigenvalue weighted by molar-refractivity contribution is 7.89. The summed E-state index contributed by atoms with van der Waals surface area (Å²) >= 11 is 0. The van der Waals surface area contributed by atoms with E-state index in [2.05, 4.69) is 19.2 Å². The first-order valence-corrected chi connectivity index (χ1v) is 6.86. The van der Waals surface area contributed by atoms with E-state index in [1.165, 1.54) is 4.31 Å². The van der Waals surface area contributed by atoms with Crippen LogP contribution in [0.5, 0.6) is 0 Å². The standard InChI is InChI=1S/C10H24N2O2S/c1-8(2)10(11-5)7-12(6)15(13,14)9(3)4/h8-11H,7H2,1-6H3/t10-/m1/s1. The van der Waals surface area contributed by atoms with Crippen molar-refractivity contribution >= 4 is 10.0 Å². The van der Waals surface area contributed by atoms with Gasteiger partial charge < -0.3 is 5.32 Å². The number of rotatable bonds is 6. The zero-order valence-electron chi connectivity index (χ0n) is 10.6. The van der Waals surface area contributed by atoms with Gasteiger partial charge in [-0.05, 0) is 26.8 Å². The molecule has 0 bridgehead atoms. The van der Waals surface area contributed by atoms with Crippen molar-refractivity contribution in [1.29, 1.82) is 0 Å². The van der Waals surface area contributed by atoms with Gasteiger partial charge in [-0.25, -0.2) is 12.7 Å². The van der Waals surface area contributed by atoms with Gasteiger partial charge in [0.1, 0.15) is 0 Å². The Labute approximate surface area is 94.1 Å². The highest BCUT2D eigenvalue weighted by Crippen LogP contribution is 2.09. The molecule has 0 saturated heterocycles. The van der Waals surface area contributed by atoms with Crippen molar-refractivity contribution in [2.24, 2.45) is 5.92 Å². The van der Waals surface area contributed by atoms with Crippen LogP contribution in [0.3, 0.4) is 0 Å². The lowest BCUT2D eigenvalue weighted by Crippen LogP contribution is -2.45. The fourth-order valence-corrected chi connectivity index (χ4v) is 2.46. The smallest absolute Gasteiger partial charge is 0.216 e. The molecular weight excluding hydrogens is 212 g/mol. The van der Waals surface area contributed by atoms with Gasteiger partial charge in [0.05, 0.1) is 5.25 Å². The molecule has 0 aromatic heterocycles. The van der Waals surface area contributed by atoms with E-state index in [0.29, 0.717) is 12.5 Å². The van der Waals surface area contributed by atoms with Crippen LogP contribution in [0.2, 0.25) is 0 Å². The number of sulfonamides is 1. The van der Waals surface area contributed by atoms with Crippen LogP contribution in [0.15, 0.2) is 0 Å². The van der Waals surface area contributed by atoms with Crippen molar-refractivity contribution in [3.8, 4) is 0 Å². The number of hydrogen-bond acceptors (Lipinski definition) is 3. The summed E-state index contributed by atoms with van der Waals surface area (Å²) in [6.45, 7) is 8.09. The summed E-state index contributed by atoms with van der Waals surface area (Å²) in [5, 5.41) is 2.78. The molecule has 0 aromatic carbocycles. The minimum atomic E-state index is -3.12. The zero-order valence-corrected chi connectivity index (χ0v) is 11.4. The molecule has 0 aromatic rings. The van der Waals surface area contributed by atoms with Crippen LogP contribution in [0.25, 0.3) is 0 Å². The van der Waals surface area contributed by atoms with Crippen molar-refractivity contribution in [3.05, 3.63) is 0 Å². The molecule has 0 aliphatic rings. The average molecular weight is 236 g/mol. The van der Waals surface area contributed by atoms with Gasteiger partial charge in [-0.15, -0.1) is 0 Å². The highest BCUT2D eigenvalue weighted by atomic mass is 32.2. The molecule has 0 unspecified atom stereocenters. The van der Waals surface area contributed by atoms with E-state index in [1.54, 1.807) is 20.9 Å².